The van der Waals surface area contributed by atoms with E-state index in [1.807, 2.05) is 6.20 Å². The van der Waals surface area contributed by atoms with Crippen LogP contribution in [-0.4, -0.2) is 52.0 Å². The van der Waals surface area contributed by atoms with E-state index >= 15 is 0 Å². The minimum atomic E-state index is -0.451. The Morgan fingerprint density at radius 1 is 1.32 bits per heavy atom. The highest BCUT2D eigenvalue weighted by atomic mass is 35.5. The van der Waals surface area contributed by atoms with Crippen molar-refractivity contribution in [3.8, 4) is 0 Å². The van der Waals surface area contributed by atoms with Gasteiger partial charge in [-0.2, -0.15) is 4.98 Å². The summed E-state index contributed by atoms with van der Waals surface area (Å²) in [5.41, 5.74) is 2.43. The average Bonchev–Trinajstić information content (AvgIpc) is 3.13. The normalized spacial score (nSPS) is 20.5. The number of rotatable bonds is 4. The molecule has 3 heterocycles. The summed E-state index contributed by atoms with van der Waals surface area (Å²) in [7, 11) is 0. The van der Waals surface area contributed by atoms with Crippen molar-refractivity contribution in [2.75, 3.05) is 31.2 Å². The quantitative estimate of drug-likeness (QED) is 0.841. The molecule has 2 N–H and O–H groups in total. The zero-order valence-corrected chi connectivity index (χ0v) is 13.1. The number of aromatic amines is 1. The number of fused-ring (bicyclic) bond motifs is 1. The van der Waals surface area contributed by atoms with Crippen LogP contribution in [0.4, 0.5) is 5.82 Å². The van der Waals surface area contributed by atoms with Crippen LogP contribution in [0.2, 0.25) is 5.28 Å². The van der Waals surface area contributed by atoms with Crippen LogP contribution in [0.1, 0.15) is 24.8 Å². The van der Waals surface area contributed by atoms with E-state index in [0.29, 0.717) is 13.2 Å². The molecule has 0 unspecified atom stereocenters. The molecule has 0 atom stereocenters. The summed E-state index contributed by atoms with van der Waals surface area (Å²) in [5.74, 6) is 0.842. The second-order valence-corrected chi connectivity index (χ2v) is 6.52. The molecule has 2 aromatic rings. The van der Waals surface area contributed by atoms with Crippen LogP contribution in [0.15, 0.2) is 6.20 Å². The Morgan fingerprint density at radius 2 is 2.09 bits per heavy atom. The third-order valence-electron chi connectivity index (χ3n) is 4.56. The van der Waals surface area contributed by atoms with Crippen molar-refractivity contribution in [3.63, 3.8) is 0 Å². The van der Waals surface area contributed by atoms with E-state index in [0.717, 1.165) is 61.2 Å². The third-order valence-corrected chi connectivity index (χ3v) is 4.72. The van der Waals surface area contributed by atoms with Gasteiger partial charge >= 0.3 is 0 Å². The molecule has 0 bridgehead atoms. The van der Waals surface area contributed by atoms with Gasteiger partial charge in [0.05, 0.1) is 24.3 Å². The van der Waals surface area contributed by atoms with Crippen molar-refractivity contribution in [1.29, 1.82) is 0 Å². The molecule has 2 fully saturated rings. The zero-order chi connectivity index (χ0) is 15.2. The lowest BCUT2D eigenvalue weighted by atomic mass is 10.1. The molecule has 4 rings (SSSR count). The number of morpholine rings is 1. The summed E-state index contributed by atoms with van der Waals surface area (Å²) in [4.78, 5) is 14.3. The van der Waals surface area contributed by atoms with Gasteiger partial charge in [-0.1, -0.05) is 0 Å². The van der Waals surface area contributed by atoms with Crippen LogP contribution in [0.5, 0.6) is 0 Å². The largest absolute Gasteiger partial charge is 0.390 e. The van der Waals surface area contributed by atoms with Crippen LogP contribution in [0.25, 0.3) is 11.0 Å². The first-order valence-electron chi connectivity index (χ1n) is 7.73. The van der Waals surface area contributed by atoms with Crippen molar-refractivity contribution < 1.29 is 9.84 Å². The Morgan fingerprint density at radius 3 is 2.82 bits per heavy atom. The van der Waals surface area contributed by atoms with Crippen molar-refractivity contribution in [2.24, 2.45) is 0 Å². The van der Waals surface area contributed by atoms with Gasteiger partial charge in [0.1, 0.15) is 5.52 Å². The van der Waals surface area contributed by atoms with Crippen LogP contribution >= 0.6 is 11.6 Å². The Bertz CT molecular complexity index is 692. The molecule has 7 heteroatoms. The SMILES string of the molecule is OC1(CCc2c[nH]c3c(N4CCOCC4)nc(Cl)nc23)CC1. The predicted molar refractivity (Wildman–Crippen MR) is 84.4 cm³/mol. The molecule has 0 aromatic carbocycles. The fourth-order valence-corrected chi connectivity index (χ4v) is 3.14. The van der Waals surface area contributed by atoms with Crippen molar-refractivity contribution in [3.05, 3.63) is 17.0 Å². The number of hydrogen-bond acceptors (Lipinski definition) is 5. The average molecular weight is 323 g/mol. The Kier molecular flexibility index (Phi) is 3.47. The molecular formula is C15H19ClN4O2. The van der Waals surface area contributed by atoms with E-state index in [2.05, 4.69) is 19.9 Å². The molecule has 118 valence electrons. The van der Waals surface area contributed by atoms with Gasteiger partial charge in [0.25, 0.3) is 0 Å². The van der Waals surface area contributed by atoms with Crippen LogP contribution < -0.4 is 4.90 Å². The van der Waals surface area contributed by atoms with Crippen LogP contribution in [-0.2, 0) is 11.2 Å². The summed E-state index contributed by atoms with van der Waals surface area (Å²) in [5, 5.41) is 10.3. The van der Waals surface area contributed by atoms with Gasteiger partial charge in [0, 0.05) is 19.3 Å². The number of nitrogens with one attached hydrogen (secondary N) is 1. The number of ether oxygens (including phenoxy) is 1. The molecule has 0 radical (unpaired) electrons. The maximum Gasteiger partial charge on any atom is 0.225 e. The lowest BCUT2D eigenvalue weighted by Crippen LogP contribution is -2.37. The fourth-order valence-electron chi connectivity index (χ4n) is 2.97. The second kappa shape index (κ2) is 5.37. The highest BCUT2D eigenvalue weighted by molar-refractivity contribution is 6.28. The monoisotopic (exact) mass is 322 g/mol. The fraction of sp³-hybridized carbons (Fsp3) is 0.600. The minimum absolute atomic E-state index is 0.264. The molecule has 22 heavy (non-hydrogen) atoms. The lowest BCUT2D eigenvalue weighted by Gasteiger charge is -2.28. The molecule has 2 aromatic heterocycles. The number of aliphatic hydroxyl groups is 1. The van der Waals surface area contributed by atoms with Crippen molar-refractivity contribution in [2.45, 2.75) is 31.3 Å². The van der Waals surface area contributed by atoms with E-state index in [-0.39, 0.29) is 5.28 Å². The molecule has 2 aliphatic rings. The molecule has 0 amide bonds. The molecule has 0 spiro atoms. The Balaban J connectivity index is 1.67. The minimum Gasteiger partial charge on any atom is -0.390 e. The van der Waals surface area contributed by atoms with E-state index in [1.54, 1.807) is 0 Å². The van der Waals surface area contributed by atoms with Gasteiger partial charge in [-0.15, -0.1) is 0 Å². The third kappa shape index (κ3) is 2.66. The number of halogens is 1. The van der Waals surface area contributed by atoms with Crippen LogP contribution in [0.3, 0.4) is 0 Å². The maximum atomic E-state index is 10.0. The molecule has 1 aliphatic carbocycles. The van der Waals surface area contributed by atoms with Gasteiger partial charge < -0.3 is 19.7 Å². The highest BCUT2D eigenvalue weighted by Crippen LogP contribution is 2.40. The number of aromatic nitrogens is 3. The topological polar surface area (TPSA) is 74.3 Å². The molecule has 1 saturated carbocycles. The van der Waals surface area contributed by atoms with Gasteiger partial charge in [0.2, 0.25) is 5.28 Å². The number of H-pyrrole nitrogens is 1. The highest BCUT2D eigenvalue weighted by Gasteiger charge is 2.39. The van der Waals surface area contributed by atoms with Gasteiger partial charge in [0.15, 0.2) is 5.82 Å². The summed E-state index contributed by atoms with van der Waals surface area (Å²) < 4.78 is 5.40. The van der Waals surface area contributed by atoms with Gasteiger partial charge in [-0.25, -0.2) is 4.98 Å². The summed E-state index contributed by atoms with van der Waals surface area (Å²) in [6, 6.07) is 0. The first-order valence-corrected chi connectivity index (χ1v) is 8.11. The van der Waals surface area contributed by atoms with E-state index in [1.165, 1.54) is 0 Å². The zero-order valence-electron chi connectivity index (χ0n) is 12.3. The maximum absolute atomic E-state index is 10.0. The van der Waals surface area contributed by atoms with Crippen molar-refractivity contribution in [1.82, 2.24) is 15.0 Å². The lowest BCUT2D eigenvalue weighted by molar-refractivity contribution is 0.122. The summed E-state index contributed by atoms with van der Waals surface area (Å²) in [6.45, 7) is 3.00. The van der Waals surface area contributed by atoms with E-state index < -0.39 is 5.60 Å². The molecular weight excluding hydrogens is 304 g/mol. The van der Waals surface area contributed by atoms with E-state index in [4.69, 9.17) is 16.3 Å². The molecule has 1 saturated heterocycles. The number of anilines is 1. The van der Waals surface area contributed by atoms with Crippen LogP contribution in [0, 0.1) is 0 Å². The molecule has 6 nitrogen and oxygen atoms in total. The summed E-state index contributed by atoms with van der Waals surface area (Å²) in [6.07, 6.45) is 5.35. The number of hydrogen-bond donors (Lipinski definition) is 2. The first-order chi connectivity index (χ1) is 10.6. The molecule has 1 aliphatic heterocycles. The smallest absolute Gasteiger partial charge is 0.225 e. The number of nitrogens with zero attached hydrogens (tertiary/aromatic N) is 3. The number of aryl methyl sites for hydroxylation is 1. The first kappa shape index (κ1) is 14.2. The van der Waals surface area contributed by atoms with Gasteiger partial charge in [-0.05, 0) is 42.8 Å². The Labute approximate surface area is 133 Å². The van der Waals surface area contributed by atoms with Crippen molar-refractivity contribution >= 4 is 28.5 Å². The second-order valence-electron chi connectivity index (χ2n) is 6.18. The van der Waals surface area contributed by atoms with Gasteiger partial charge in [-0.3, -0.25) is 0 Å². The Hall–Kier alpha value is -1.37. The summed E-state index contributed by atoms with van der Waals surface area (Å²) >= 11 is 6.13. The van der Waals surface area contributed by atoms with E-state index in [9.17, 15) is 5.11 Å². The predicted octanol–water partition coefficient (Wildman–Crippen LogP) is 1.91. The standard InChI is InChI=1S/C15H19ClN4O2/c16-14-18-11-10(1-2-15(21)3-4-15)9-17-12(11)13(19-14)20-5-7-22-8-6-20/h9,17,21H,1-8H2.